The molecule has 0 aromatic heterocycles. The van der Waals surface area contributed by atoms with Gasteiger partial charge in [0.2, 0.25) is 5.91 Å². The molecule has 27 heavy (non-hydrogen) atoms. The molecule has 6 heteroatoms. The Morgan fingerprint density at radius 3 is 2.59 bits per heavy atom. The molecule has 0 N–H and O–H groups in total. The van der Waals surface area contributed by atoms with Gasteiger partial charge in [-0.05, 0) is 31.3 Å². The zero-order valence-electron chi connectivity index (χ0n) is 15.6. The summed E-state index contributed by atoms with van der Waals surface area (Å²) < 4.78 is 33.1. The summed E-state index contributed by atoms with van der Waals surface area (Å²) in [5.41, 5.74) is 1.18. The van der Waals surface area contributed by atoms with Gasteiger partial charge < -0.3 is 14.5 Å². The largest absolute Gasteiger partial charge is 0.373 e. The Kier molecular flexibility index (Phi) is 6.19. The summed E-state index contributed by atoms with van der Waals surface area (Å²) in [6.45, 7) is 1.53. The van der Waals surface area contributed by atoms with Crippen molar-refractivity contribution < 1.29 is 18.3 Å². The van der Waals surface area contributed by atoms with Crippen LogP contribution in [0.3, 0.4) is 0 Å². The molecule has 0 radical (unpaired) electrons. The van der Waals surface area contributed by atoms with Crippen molar-refractivity contribution in [3.8, 4) is 0 Å². The minimum atomic E-state index is -0.697. The average Bonchev–Trinajstić information content (AvgIpc) is 2.64. The summed E-state index contributed by atoms with van der Waals surface area (Å²) in [6, 6.07) is 12.8. The molecule has 1 saturated heterocycles. The number of carbonyl (C=O) groups is 1. The number of benzene rings is 2. The number of rotatable bonds is 5. The first-order valence-electron chi connectivity index (χ1n) is 9.00. The highest BCUT2D eigenvalue weighted by Crippen LogP contribution is 2.30. The molecule has 1 amide bonds. The molecule has 0 unspecified atom stereocenters. The van der Waals surface area contributed by atoms with Crippen molar-refractivity contribution in [3.63, 3.8) is 0 Å². The SMILES string of the molecule is CN(C)C[C@@H]1OCCN(C(=O)Cc2ccc(F)cc2F)[C@H]1c1ccccc1. The van der Waals surface area contributed by atoms with E-state index in [1.807, 2.05) is 49.3 Å². The molecule has 2 aromatic carbocycles. The van der Waals surface area contributed by atoms with E-state index in [0.29, 0.717) is 19.7 Å². The van der Waals surface area contributed by atoms with Gasteiger partial charge in [0.1, 0.15) is 11.6 Å². The van der Waals surface area contributed by atoms with E-state index in [4.69, 9.17) is 4.74 Å². The van der Waals surface area contributed by atoms with Crippen LogP contribution in [0.15, 0.2) is 48.5 Å². The number of halogens is 2. The fourth-order valence-electron chi connectivity index (χ4n) is 3.50. The van der Waals surface area contributed by atoms with Crippen LogP contribution < -0.4 is 0 Å². The molecule has 1 aliphatic rings. The first-order valence-corrected chi connectivity index (χ1v) is 9.00. The van der Waals surface area contributed by atoms with Crippen molar-refractivity contribution in [2.24, 2.45) is 0 Å². The number of morpholine rings is 1. The van der Waals surface area contributed by atoms with Gasteiger partial charge >= 0.3 is 0 Å². The van der Waals surface area contributed by atoms with Crippen LogP contribution in [-0.4, -0.2) is 55.6 Å². The lowest BCUT2D eigenvalue weighted by atomic mass is 9.96. The summed E-state index contributed by atoms with van der Waals surface area (Å²) in [7, 11) is 3.92. The van der Waals surface area contributed by atoms with Crippen molar-refractivity contribution in [1.29, 1.82) is 0 Å². The highest BCUT2D eigenvalue weighted by Gasteiger charge is 2.36. The molecule has 0 saturated carbocycles. The molecule has 0 spiro atoms. The molecule has 2 aromatic rings. The highest BCUT2D eigenvalue weighted by molar-refractivity contribution is 5.79. The second kappa shape index (κ2) is 8.59. The monoisotopic (exact) mass is 374 g/mol. The fourth-order valence-corrected chi connectivity index (χ4v) is 3.50. The van der Waals surface area contributed by atoms with Gasteiger partial charge in [-0.15, -0.1) is 0 Å². The molecule has 0 bridgehead atoms. The molecule has 144 valence electrons. The number of amides is 1. The van der Waals surface area contributed by atoms with E-state index in [1.165, 1.54) is 12.1 Å². The third kappa shape index (κ3) is 4.70. The zero-order chi connectivity index (χ0) is 19.4. The Morgan fingerprint density at radius 1 is 1.19 bits per heavy atom. The number of ether oxygens (including phenoxy) is 1. The maximum Gasteiger partial charge on any atom is 0.227 e. The van der Waals surface area contributed by atoms with Crippen LogP contribution in [0.5, 0.6) is 0 Å². The number of carbonyl (C=O) groups excluding carboxylic acids is 1. The van der Waals surface area contributed by atoms with E-state index in [-0.39, 0.29) is 30.0 Å². The molecule has 0 aliphatic carbocycles. The van der Waals surface area contributed by atoms with E-state index in [2.05, 4.69) is 0 Å². The average molecular weight is 374 g/mol. The van der Waals surface area contributed by atoms with E-state index >= 15 is 0 Å². The second-order valence-corrected chi connectivity index (χ2v) is 7.03. The molecular weight excluding hydrogens is 350 g/mol. The lowest BCUT2D eigenvalue weighted by Gasteiger charge is -2.42. The second-order valence-electron chi connectivity index (χ2n) is 7.03. The zero-order valence-corrected chi connectivity index (χ0v) is 15.6. The third-order valence-corrected chi connectivity index (χ3v) is 4.72. The van der Waals surface area contributed by atoms with Gasteiger partial charge in [0, 0.05) is 19.2 Å². The van der Waals surface area contributed by atoms with Crippen molar-refractivity contribution in [1.82, 2.24) is 9.80 Å². The Hall–Kier alpha value is -2.31. The summed E-state index contributed by atoms with van der Waals surface area (Å²) in [4.78, 5) is 16.8. The van der Waals surface area contributed by atoms with Gasteiger partial charge in [-0.25, -0.2) is 8.78 Å². The maximum absolute atomic E-state index is 14.0. The normalized spacial score (nSPS) is 20.1. The minimum Gasteiger partial charge on any atom is -0.373 e. The van der Waals surface area contributed by atoms with E-state index < -0.39 is 11.6 Å². The lowest BCUT2D eigenvalue weighted by Crippen LogP contribution is -2.51. The molecular formula is C21H24F2N2O2. The molecule has 1 fully saturated rings. The van der Waals surface area contributed by atoms with E-state index in [9.17, 15) is 13.6 Å². The maximum atomic E-state index is 14.0. The highest BCUT2D eigenvalue weighted by atomic mass is 19.1. The topological polar surface area (TPSA) is 32.8 Å². The number of nitrogens with zero attached hydrogens (tertiary/aromatic N) is 2. The Labute approximate surface area is 158 Å². The van der Waals surface area contributed by atoms with Crippen LogP contribution in [0, 0.1) is 11.6 Å². The summed E-state index contributed by atoms with van der Waals surface area (Å²) in [6.07, 6.45) is -0.289. The molecule has 3 rings (SSSR count). The number of likely N-dealkylation sites (N-methyl/N-ethyl adjacent to an activating group) is 1. The Balaban J connectivity index is 1.87. The van der Waals surface area contributed by atoms with Gasteiger partial charge in [0.25, 0.3) is 0 Å². The molecule has 1 aliphatic heterocycles. The minimum absolute atomic E-state index is 0.107. The van der Waals surface area contributed by atoms with Crippen molar-refractivity contribution >= 4 is 5.91 Å². The van der Waals surface area contributed by atoms with Crippen molar-refractivity contribution in [2.45, 2.75) is 18.6 Å². The Morgan fingerprint density at radius 2 is 1.93 bits per heavy atom. The van der Waals surface area contributed by atoms with E-state index in [0.717, 1.165) is 11.6 Å². The van der Waals surface area contributed by atoms with Crippen LogP contribution in [0.25, 0.3) is 0 Å². The van der Waals surface area contributed by atoms with Crippen molar-refractivity contribution in [2.75, 3.05) is 33.8 Å². The smallest absolute Gasteiger partial charge is 0.227 e. The third-order valence-electron chi connectivity index (χ3n) is 4.72. The summed E-state index contributed by atoms with van der Waals surface area (Å²) in [5.74, 6) is -1.54. The van der Waals surface area contributed by atoms with Gasteiger partial charge in [-0.2, -0.15) is 0 Å². The predicted molar refractivity (Wildman–Crippen MR) is 99.3 cm³/mol. The van der Waals surface area contributed by atoms with Gasteiger partial charge in [-0.1, -0.05) is 36.4 Å². The standard InChI is InChI=1S/C21H24F2N2O2/c1-24(2)14-19-21(15-6-4-3-5-7-15)25(10-11-27-19)20(26)12-16-8-9-17(22)13-18(16)23/h3-9,13,19,21H,10-12,14H2,1-2H3/t19-,21-/m0/s1. The fraction of sp³-hybridized carbons (Fsp3) is 0.381. The molecule has 4 nitrogen and oxygen atoms in total. The van der Waals surface area contributed by atoms with Gasteiger partial charge in [0.05, 0.1) is 25.2 Å². The summed E-state index contributed by atoms with van der Waals surface area (Å²) in [5, 5.41) is 0. The van der Waals surface area contributed by atoms with Crippen LogP contribution in [-0.2, 0) is 16.0 Å². The van der Waals surface area contributed by atoms with Crippen molar-refractivity contribution in [3.05, 3.63) is 71.3 Å². The predicted octanol–water partition coefficient (Wildman–Crippen LogP) is 3.04. The molecule has 1 heterocycles. The van der Waals surface area contributed by atoms with Crippen LogP contribution in [0.2, 0.25) is 0 Å². The molecule has 2 atom stereocenters. The van der Waals surface area contributed by atoms with Crippen LogP contribution in [0.1, 0.15) is 17.2 Å². The van der Waals surface area contributed by atoms with Gasteiger partial charge in [0.15, 0.2) is 0 Å². The first kappa shape index (κ1) is 19.5. The van der Waals surface area contributed by atoms with Gasteiger partial charge in [-0.3, -0.25) is 4.79 Å². The van der Waals surface area contributed by atoms with Crippen LogP contribution in [0.4, 0.5) is 8.78 Å². The van der Waals surface area contributed by atoms with E-state index in [1.54, 1.807) is 4.90 Å². The number of hydrogen-bond acceptors (Lipinski definition) is 3. The quantitative estimate of drug-likeness (QED) is 0.807. The Bertz CT molecular complexity index is 783. The first-order chi connectivity index (χ1) is 13.0. The summed E-state index contributed by atoms with van der Waals surface area (Å²) >= 11 is 0. The number of hydrogen-bond donors (Lipinski definition) is 0. The lowest BCUT2D eigenvalue weighted by molar-refractivity contribution is -0.147. The van der Waals surface area contributed by atoms with Crippen LogP contribution >= 0.6 is 0 Å².